The van der Waals surface area contributed by atoms with Gasteiger partial charge in [-0.15, -0.1) is 0 Å². The summed E-state index contributed by atoms with van der Waals surface area (Å²) >= 11 is 3.30. The summed E-state index contributed by atoms with van der Waals surface area (Å²) < 4.78 is 27.4. The molecule has 5 heteroatoms. The molecular weight excluding hydrogens is 326 g/mol. The van der Waals surface area contributed by atoms with E-state index in [9.17, 15) is 8.42 Å². The van der Waals surface area contributed by atoms with Crippen LogP contribution in [0.3, 0.4) is 0 Å². The molecule has 0 saturated carbocycles. The van der Waals surface area contributed by atoms with E-state index < -0.39 is 10.0 Å². The molecule has 0 spiro atoms. The summed E-state index contributed by atoms with van der Waals surface area (Å²) in [5, 5.41) is 0. The topological polar surface area (TPSA) is 37.4 Å². The van der Waals surface area contributed by atoms with Gasteiger partial charge in [-0.05, 0) is 43.3 Å². The van der Waals surface area contributed by atoms with Crippen molar-refractivity contribution in [3.8, 4) is 0 Å². The van der Waals surface area contributed by atoms with E-state index >= 15 is 0 Å². The molecule has 0 radical (unpaired) electrons. The Hall–Kier alpha value is -1.33. The highest BCUT2D eigenvalue weighted by atomic mass is 79.9. The minimum Gasteiger partial charge on any atom is -0.267 e. The molecule has 19 heavy (non-hydrogen) atoms. The zero-order valence-corrected chi connectivity index (χ0v) is 12.9. The Morgan fingerprint density at radius 3 is 2.11 bits per heavy atom. The van der Waals surface area contributed by atoms with Crippen molar-refractivity contribution in [2.75, 3.05) is 10.8 Å². The fraction of sp³-hybridized carbons (Fsp3) is 0.143. The zero-order valence-electron chi connectivity index (χ0n) is 10.5. The van der Waals surface area contributed by atoms with E-state index in [-0.39, 0.29) is 0 Å². The van der Waals surface area contributed by atoms with Crippen LogP contribution in [-0.4, -0.2) is 15.0 Å². The number of benzene rings is 2. The molecule has 0 fully saturated rings. The number of para-hydroxylation sites is 1. The highest BCUT2D eigenvalue weighted by Gasteiger charge is 2.22. The molecular formula is C14H14BrNO2S. The third-order valence-electron chi connectivity index (χ3n) is 2.73. The number of rotatable bonds is 4. The second-order valence-electron chi connectivity index (χ2n) is 3.96. The van der Waals surface area contributed by atoms with Gasteiger partial charge in [0.2, 0.25) is 0 Å². The van der Waals surface area contributed by atoms with Crippen LogP contribution < -0.4 is 4.31 Å². The Balaban J connectivity index is 2.45. The molecule has 0 atom stereocenters. The molecule has 100 valence electrons. The van der Waals surface area contributed by atoms with E-state index in [4.69, 9.17) is 0 Å². The molecule has 0 aliphatic rings. The fourth-order valence-corrected chi connectivity index (χ4v) is 3.56. The monoisotopic (exact) mass is 339 g/mol. The van der Waals surface area contributed by atoms with Crippen LogP contribution in [0.4, 0.5) is 5.69 Å². The van der Waals surface area contributed by atoms with Gasteiger partial charge in [0.05, 0.1) is 10.6 Å². The highest BCUT2D eigenvalue weighted by Crippen LogP contribution is 2.24. The van der Waals surface area contributed by atoms with E-state index in [0.717, 1.165) is 4.47 Å². The molecule has 2 aromatic carbocycles. The zero-order chi connectivity index (χ0) is 13.9. The summed E-state index contributed by atoms with van der Waals surface area (Å²) in [6, 6.07) is 15.8. The van der Waals surface area contributed by atoms with Crippen molar-refractivity contribution in [2.24, 2.45) is 0 Å². The average Bonchev–Trinajstić information content (AvgIpc) is 2.41. The SMILES string of the molecule is CCN(c1ccccc1)S(=O)(=O)c1ccc(Br)cc1. The van der Waals surface area contributed by atoms with Crippen LogP contribution in [0.15, 0.2) is 64.0 Å². The molecule has 3 nitrogen and oxygen atoms in total. The standard InChI is InChI=1S/C14H14BrNO2S/c1-2-16(13-6-4-3-5-7-13)19(17,18)14-10-8-12(15)9-11-14/h3-11H,2H2,1H3. The van der Waals surface area contributed by atoms with Crippen molar-refractivity contribution in [1.29, 1.82) is 0 Å². The van der Waals surface area contributed by atoms with Gasteiger partial charge in [-0.25, -0.2) is 8.42 Å². The lowest BCUT2D eigenvalue weighted by Crippen LogP contribution is -2.30. The van der Waals surface area contributed by atoms with Gasteiger partial charge in [-0.2, -0.15) is 0 Å². The van der Waals surface area contributed by atoms with Crippen molar-refractivity contribution < 1.29 is 8.42 Å². The van der Waals surface area contributed by atoms with Gasteiger partial charge in [0.15, 0.2) is 0 Å². The van der Waals surface area contributed by atoms with Crippen molar-refractivity contribution in [1.82, 2.24) is 0 Å². The average molecular weight is 340 g/mol. The predicted octanol–water partition coefficient (Wildman–Crippen LogP) is 3.66. The molecule has 0 heterocycles. The number of hydrogen-bond donors (Lipinski definition) is 0. The first kappa shape index (κ1) is 14.1. The van der Waals surface area contributed by atoms with Crippen LogP contribution in [0.5, 0.6) is 0 Å². The van der Waals surface area contributed by atoms with Gasteiger partial charge in [-0.3, -0.25) is 4.31 Å². The van der Waals surface area contributed by atoms with Crippen molar-refractivity contribution >= 4 is 31.6 Å². The lowest BCUT2D eigenvalue weighted by atomic mass is 10.3. The molecule has 0 bridgehead atoms. The van der Waals surface area contributed by atoms with Gasteiger partial charge in [0, 0.05) is 11.0 Å². The van der Waals surface area contributed by atoms with Crippen molar-refractivity contribution in [3.05, 3.63) is 59.1 Å². The Morgan fingerprint density at radius 1 is 1.00 bits per heavy atom. The Labute approximate surface area is 122 Å². The maximum Gasteiger partial charge on any atom is 0.264 e. The fourth-order valence-electron chi connectivity index (χ4n) is 1.82. The summed E-state index contributed by atoms with van der Waals surface area (Å²) in [5.74, 6) is 0. The first-order valence-corrected chi connectivity index (χ1v) is 8.12. The van der Waals surface area contributed by atoms with Gasteiger partial charge in [0.25, 0.3) is 10.0 Å². The number of halogens is 1. The van der Waals surface area contributed by atoms with Gasteiger partial charge in [0.1, 0.15) is 0 Å². The number of anilines is 1. The van der Waals surface area contributed by atoms with Crippen LogP contribution in [0, 0.1) is 0 Å². The third-order valence-corrected chi connectivity index (χ3v) is 5.18. The molecule has 0 aliphatic heterocycles. The minimum atomic E-state index is -3.51. The summed E-state index contributed by atoms with van der Waals surface area (Å²) in [4.78, 5) is 0.293. The molecule has 0 N–H and O–H groups in total. The van der Waals surface area contributed by atoms with Crippen molar-refractivity contribution in [2.45, 2.75) is 11.8 Å². The Kier molecular flexibility index (Phi) is 4.27. The first-order valence-electron chi connectivity index (χ1n) is 5.89. The molecule has 0 amide bonds. The molecule has 0 aliphatic carbocycles. The summed E-state index contributed by atoms with van der Waals surface area (Å²) in [6.07, 6.45) is 0. The Morgan fingerprint density at radius 2 is 1.58 bits per heavy atom. The summed E-state index contributed by atoms with van der Waals surface area (Å²) in [5.41, 5.74) is 0.674. The van der Waals surface area contributed by atoms with Crippen LogP contribution in [-0.2, 0) is 10.0 Å². The second kappa shape index (κ2) is 5.75. The minimum absolute atomic E-state index is 0.293. The normalized spacial score (nSPS) is 11.3. The number of sulfonamides is 1. The van der Waals surface area contributed by atoms with E-state index in [1.165, 1.54) is 4.31 Å². The van der Waals surface area contributed by atoms with Crippen molar-refractivity contribution in [3.63, 3.8) is 0 Å². The Bertz CT molecular complexity index is 639. The van der Waals surface area contributed by atoms with Gasteiger partial charge >= 0.3 is 0 Å². The molecule has 0 saturated heterocycles. The van der Waals surface area contributed by atoms with Crippen LogP contribution in [0.25, 0.3) is 0 Å². The van der Waals surface area contributed by atoms with Gasteiger partial charge in [-0.1, -0.05) is 34.1 Å². The second-order valence-corrected chi connectivity index (χ2v) is 6.74. The van der Waals surface area contributed by atoms with E-state index in [1.54, 1.807) is 36.4 Å². The quantitative estimate of drug-likeness (QED) is 0.852. The van der Waals surface area contributed by atoms with Crippen LogP contribution >= 0.6 is 15.9 Å². The smallest absolute Gasteiger partial charge is 0.264 e. The summed E-state index contributed by atoms with van der Waals surface area (Å²) in [7, 11) is -3.51. The van der Waals surface area contributed by atoms with Gasteiger partial charge < -0.3 is 0 Å². The number of nitrogens with zero attached hydrogens (tertiary/aromatic N) is 1. The largest absolute Gasteiger partial charge is 0.267 e. The number of hydrogen-bond acceptors (Lipinski definition) is 2. The lowest BCUT2D eigenvalue weighted by molar-refractivity contribution is 0.592. The molecule has 2 rings (SSSR count). The van der Waals surface area contributed by atoms with Crippen LogP contribution in [0.1, 0.15) is 6.92 Å². The molecule has 0 unspecified atom stereocenters. The van der Waals surface area contributed by atoms with E-state index in [0.29, 0.717) is 17.1 Å². The summed E-state index contributed by atoms with van der Waals surface area (Å²) in [6.45, 7) is 2.21. The molecule has 0 aromatic heterocycles. The maximum atomic E-state index is 12.6. The first-order chi connectivity index (χ1) is 9.05. The van der Waals surface area contributed by atoms with E-state index in [1.807, 2.05) is 25.1 Å². The maximum absolute atomic E-state index is 12.6. The molecule has 2 aromatic rings. The van der Waals surface area contributed by atoms with Crippen LogP contribution in [0.2, 0.25) is 0 Å². The van der Waals surface area contributed by atoms with E-state index in [2.05, 4.69) is 15.9 Å². The highest BCUT2D eigenvalue weighted by molar-refractivity contribution is 9.10. The predicted molar refractivity (Wildman–Crippen MR) is 80.8 cm³/mol. The third kappa shape index (κ3) is 2.98. The lowest BCUT2D eigenvalue weighted by Gasteiger charge is -2.22.